The Kier molecular flexibility index (Phi) is 5.11. The van der Waals surface area contributed by atoms with E-state index in [-0.39, 0.29) is 4.90 Å². The SMILES string of the molecule is Cc1ccc(S(=O)(=O)NC(C)C(C)C(=O)O)c(Br)c1. The number of benzene rings is 1. The van der Waals surface area contributed by atoms with Crippen LogP contribution in [0.1, 0.15) is 19.4 Å². The van der Waals surface area contributed by atoms with Crippen LogP contribution in [0.25, 0.3) is 0 Å². The summed E-state index contributed by atoms with van der Waals surface area (Å²) in [6.45, 7) is 4.84. The molecule has 0 saturated heterocycles. The summed E-state index contributed by atoms with van der Waals surface area (Å²) in [7, 11) is -3.75. The first-order valence-corrected chi connectivity index (χ1v) is 7.94. The van der Waals surface area contributed by atoms with Crippen molar-refractivity contribution in [3.8, 4) is 0 Å². The van der Waals surface area contributed by atoms with Gasteiger partial charge in [0.15, 0.2) is 0 Å². The second kappa shape index (κ2) is 6.02. The maximum Gasteiger partial charge on any atom is 0.307 e. The average molecular weight is 350 g/mol. The summed E-state index contributed by atoms with van der Waals surface area (Å²) in [5.74, 6) is -1.85. The Hall–Kier alpha value is -0.920. The number of halogens is 1. The van der Waals surface area contributed by atoms with E-state index in [2.05, 4.69) is 20.7 Å². The Morgan fingerprint density at radius 3 is 2.42 bits per heavy atom. The minimum atomic E-state index is -3.75. The normalized spacial score (nSPS) is 14.9. The van der Waals surface area contributed by atoms with Gasteiger partial charge in [-0.1, -0.05) is 13.0 Å². The van der Waals surface area contributed by atoms with Gasteiger partial charge in [-0.25, -0.2) is 13.1 Å². The van der Waals surface area contributed by atoms with Crippen LogP contribution in [-0.4, -0.2) is 25.5 Å². The van der Waals surface area contributed by atoms with Gasteiger partial charge in [-0.2, -0.15) is 0 Å². The summed E-state index contributed by atoms with van der Waals surface area (Å²) >= 11 is 3.20. The lowest BCUT2D eigenvalue weighted by Gasteiger charge is -2.18. The molecule has 0 spiro atoms. The zero-order valence-electron chi connectivity index (χ0n) is 10.8. The van der Waals surface area contributed by atoms with E-state index >= 15 is 0 Å². The van der Waals surface area contributed by atoms with Crippen LogP contribution in [0.4, 0.5) is 0 Å². The fourth-order valence-corrected chi connectivity index (χ4v) is 3.96. The summed E-state index contributed by atoms with van der Waals surface area (Å²) in [6.07, 6.45) is 0. The van der Waals surface area contributed by atoms with Crippen molar-refractivity contribution in [3.05, 3.63) is 28.2 Å². The highest BCUT2D eigenvalue weighted by molar-refractivity contribution is 9.10. The molecule has 2 atom stereocenters. The molecule has 0 saturated carbocycles. The number of carboxylic acids is 1. The molecule has 0 radical (unpaired) electrons. The third-order valence-electron chi connectivity index (χ3n) is 2.86. The molecule has 1 rings (SSSR count). The third kappa shape index (κ3) is 4.02. The van der Waals surface area contributed by atoms with Crippen molar-refractivity contribution < 1.29 is 18.3 Å². The van der Waals surface area contributed by atoms with Gasteiger partial charge in [-0.15, -0.1) is 0 Å². The maximum atomic E-state index is 12.2. The number of sulfonamides is 1. The largest absolute Gasteiger partial charge is 0.481 e. The van der Waals surface area contributed by atoms with Gasteiger partial charge >= 0.3 is 5.97 Å². The van der Waals surface area contributed by atoms with Crippen LogP contribution >= 0.6 is 15.9 Å². The maximum absolute atomic E-state index is 12.2. The summed E-state index contributed by atoms with van der Waals surface area (Å²) < 4.78 is 27.2. The van der Waals surface area contributed by atoms with E-state index < -0.39 is 28.0 Å². The predicted molar refractivity (Wildman–Crippen MR) is 75.5 cm³/mol. The van der Waals surface area contributed by atoms with Crippen LogP contribution in [0.3, 0.4) is 0 Å². The van der Waals surface area contributed by atoms with Gasteiger partial charge < -0.3 is 5.11 Å². The van der Waals surface area contributed by atoms with Crippen molar-refractivity contribution >= 4 is 31.9 Å². The summed E-state index contributed by atoms with van der Waals surface area (Å²) in [5.41, 5.74) is 0.928. The number of carboxylic acid groups (broad SMARTS) is 1. The molecule has 106 valence electrons. The molecule has 0 amide bonds. The third-order valence-corrected chi connectivity index (χ3v) is 5.39. The lowest BCUT2D eigenvalue weighted by atomic mass is 10.1. The van der Waals surface area contributed by atoms with Crippen molar-refractivity contribution in [2.75, 3.05) is 0 Å². The fourth-order valence-electron chi connectivity index (χ4n) is 1.45. The van der Waals surface area contributed by atoms with Crippen molar-refractivity contribution in [1.82, 2.24) is 4.72 Å². The Labute approximate surface area is 121 Å². The van der Waals surface area contributed by atoms with Crippen LogP contribution in [0, 0.1) is 12.8 Å². The quantitative estimate of drug-likeness (QED) is 0.852. The average Bonchev–Trinajstić information content (AvgIpc) is 2.26. The number of aliphatic carboxylic acids is 1. The fraction of sp³-hybridized carbons (Fsp3) is 0.417. The van der Waals surface area contributed by atoms with E-state index in [4.69, 9.17) is 5.11 Å². The molecule has 0 aliphatic heterocycles. The zero-order chi connectivity index (χ0) is 14.8. The molecule has 0 aromatic heterocycles. The number of aryl methyl sites for hydroxylation is 1. The predicted octanol–water partition coefficient (Wildman–Crippen LogP) is 2.15. The van der Waals surface area contributed by atoms with Crippen LogP contribution < -0.4 is 4.72 Å². The number of nitrogens with one attached hydrogen (secondary N) is 1. The van der Waals surface area contributed by atoms with E-state index in [1.807, 2.05) is 6.92 Å². The molecule has 0 heterocycles. The van der Waals surface area contributed by atoms with E-state index in [1.54, 1.807) is 12.1 Å². The van der Waals surface area contributed by atoms with Crippen molar-refractivity contribution in [2.45, 2.75) is 31.7 Å². The van der Waals surface area contributed by atoms with Crippen molar-refractivity contribution in [2.24, 2.45) is 5.92 Å². The van der Waals surface area contributed by atoms with Gasteiger partial charge in [0.25, 0.3) is 0 Å². The Balaban J connectivity index is 3.02. The molecule has 2 unspecified atom stereocenters. The minimum Gasteiger partial charge on any atom is -0.481 e. The first kappa shape index (κ1) is 16.1. The molecule has 0 bridgehead atoms. The second-order valence-electron chi connectivity index (χ2n) is 4.47. The summed E-state index contributed by atoms with van der Waals surface area (Å²) in [5, 5.41) is 8.87. The van der Waals surface area contributed by atoms with Crippen molar-refractivity contribution in [1.29, 1.82) is 0 Å². The van der Waals surface area contributed by atoms with Crippen LogP contribution in [0.2, 0.25) is 0 Å². The monoisotopic (exact) mass is 349 g/mol. The molecule has 0 fully saturated rings. The molecular weight excluding hydrogens is 334 g/mol. The first-order chi connectivity index (χ1) is 8.65. The van der Waals surface area contributed by atoms with Gasteiger partial charge in [0, 0.05) is 10.5 Å². The van der Waals surface area contributed by atoms with E-state index in [1.165, 1.54) is 19.9 Å². The summed E-state index contributed by atoms with van der Waals surface area (Å²) in [4.78, 5) is 10.9. The summed E-state index contributed by atoms with van der Waals surface area (Å²) in [6, 6.07) is 4.17. The van der Waals surface area contributed by atoms with Crippen LogP contribution in [0.5, 0.6) is 0 Å². The standard InChI is InChI=1S/C12H16BrNO4S/c1-7-4-5-11(10(13)6-7)19(17,18)14-9(3)8(2)12(15)16/h4-6,8-9,14H,1-3H3,(H,15,16). The number of hydrogen-bond acceptors (Lipinski definition) is 3. The number of carbonyl (C=O) groups is 1. The van der Waals surface area contributed by atoms with Crippen molar-refractivity contribution in [3.63, 3.8) is 0 Å². The van der Waals surface area contributed by atoms with E-state index in [9.17, 15) is 13.2 Å². The van der Waals surface area contributed by atoms with E-state index in [0.717, 1.165) is 5.56 Å². The smallest absolute Gasteiger partial charge is 0.307 e. The molecule has 1 aromatic rings. The highest BCUT2D eigenvalue weighted by atomic mass is 79.9. The molecule has 19 heavy (non-hydrogen) atoms. The van der Waals surface area contributed by atoms with Gasteiger partial charge in [0.1, 0.15) is 0 Å². The highest BCUT2D eigenvalue weighted by Gasteiger charge is 2.26. The van der Waals surface area contributed by atoms with Gasteiger partial charge in [-0.05, 0) is 47.5 Å². The molecular formula is C12H16BrNO4S. The lowest BCUT2D eigenvalue weighted by molar-refractivity contribution is -0.141. The Bertz CT molecular complexity index is 585. The zero-order valence-corrected chi connectivity index (χ0v) is 13.2. The first-order valence-electron chi connectivity index (χ1n) is 5.66. The molecule has 0 aliphatic rings. The van der Waals surface area contributed by atoms with Gasteiger partial charge in [0.2, 0.25) is 10.0 Å². The molecule has 0 aliphatic carbocycles. The number of hydrogen-bond donors (Lipinski definition) is 2. The van der Waals surface area contributed by atoms with Crippen LogP contribution in [0.15, 0.2) is 27.6 Å². The Morgan fingerprint density at radius 1 is 1.37 bits per heavy atom. The molecule has 1 aromatic carbocycles. The van der Waals surface area contributed by atoms with Crippen LogP contribution in [-0.2, 0) is 14.8 Å². The topological polar surface area (TPSA) is 83.5 Å². The van der Waals surface area contributed by atoms with Gasteiger partial charge in [-0.3, -0.25) is 4.79 Å². The minimum absolute atomic E-state index is 0.0996. The molecule has 5 nitrogen and oxygen atoms in total. The second-order valence-corrected chi connectivity index (χ2v) is 7.01. The molecule has 7 heteroatoms. The van der Waals surface area contributed by atoms with Gasteiger partial charge in [0.05, 0.1) is 10.8 Å². The Morgan fingerprint density at radius 2 is 1.95 bits per heavy atom. The lowest BCUT2D eigenvalue weighted by Crippen LogP contribution is -2.40. The molecule has 2 N–H and O–H groups in total. The number of rotatable bonds is 5. The van der Waals surface area contributed by atoms with E-state index in [0.29, 0.717) is 4.47 Å². The highest BCUT2D eigenvalue weighted by Crippen LogP contribution is 2.23.